The molecule has 0 radical (unpaired) electrons. The lowest BCUT2D eigenvalue weighted by molar-refractivity contribution is -0.117. The number of amides is 1. The van der Waals surface area contributed by atoms with E-state index in [2.05, 4.69) is 15.3 Å². The molecular formula is C23H25FN4O2. The molecule has 1 aromatic heterocycles. The highest BCUT2D eigenvalue weighted by Gasteiger charge is 2.19. The molecule has 4 rings (SSSR count). The number of anilines is 2. The van der Waals surface area contributed by atoms with Gasteiger partial charge in [0.1, 0.15) is 12.4 Å². The van der Waals surface area contributed by atoms with Crippen molar-refractivity contribution < 1.29 is 9.18 Å². The quantitative estimate of drug-likeness (QED) is 0.712. The molecule has 0 unspecified atom stereocenters. The fourth-order valence-electron chi connectivity index (χ4n) is 3.89. The topological polar surface area (TPSA) is 67.2 Å². The number of hydrogen-bond donors (Lipinski definition) is 1. The van der Waals surface area contributed by atoms with E-state index in [4.69, 9.17) is 0 Å². The third-order valence-corrected chi connectivity index (χ3v) is 5.45. The van der Waals surface area contributed by atoms with Crippen LogP contribution >= 0.6 is 0 Å². The number of carbonyl (C=O) groups excluding carboxylic acids is 1. The standard InChI is InChI=1S/C23H25FN4O2/c1-16-10-11-20(19(24)14-16)25-21(29)15-28-23(30)18-9-5-4-8-17(18)22(26-28)27-12-6-2-3-7-13-27/h4-5,8-11,14H,2-3,6-7,12-13,15H2,1H3,(H,25,29). The summed E-state index contributed by atoms with van der Waals surface area (Å²) in [5.74, 6) is -0.279. The van der Waals surface area contributed by atoms with E-state index < -0.39 is 11.7 Å². The van der Waals surface area contributed by atoms with Crippen LogP contribution < -0.4 is 15.8 Å². The monoisotopic (exact) mass is 408 g/mol. The summed E-state index contributed by atoms with van der Waals surface area (Å²) in [6.45, 7) is 3.24. The van der Waals surface area contributed by atoms with Crippen LogP contribution in [0.4, 0.5) is 15.9 Å². The minimum atomic E-state index is -0.507. The molecule has 2 heterocycles. The van der Waals surface area contributed by atoms with E-state index in [1.807, 2.05) is 18.2 Å². The van der Waals surface area contributed by atoms with Crippen molar-refractivity contribution in [1.82, 2.24) is 9.78 Å². The van der Waals surface area contributed by atoms with Crippen molar-refractivity contribution in [2.24, 2.45) is 0 Å². The van der Waals surface area contributed by atoms with E-state index in [0.29, 0.717) is 5.39 Å². The summed E-state index contributed by atoms with van der Waals surface area (Å²) in [6.07, 6.45) is 4.50. The van der Waals surface area contributed by atoms with E-state index in [-0.39, 0.29) is 17.8 Å². The van der Waals surface area contributed by atoms with Gasteiger partial charge < -0.3 is 10.2 Å². The van der Waals surface area contributed by atoms with Crippen molar-refractivity contribution in [1.29, 1.82) is 0 Å². The zero-order valence-electron chi connectivity index (χ0n) is 17.0. The molecule has 30 heavy (non-hydrogen) atoms. The number of aryl methyl sites for hydroxylation is 1. The van der Waals surface area contributed by atoms with Crippen LogP contribution in [-0.4, -0.2) is 28.8 Å². The van der Waals surface area contributed by atoms with Crippen LogP contribution in [-0.2, 0) is 11.3 Å². The second-order valence-corrected chi connectivity index (χ2v) is 7.76. The molecule has 3 aromatic rings. The molecule has 1 aliphatic rings. The normalized spacial score (nSPS) is 14.5. The van der Waals surface area contributed by atoms with E-state index in [9.17, 15) is 14.0 Å². The van der Waals surface area contributed by atoms with Crippen LogP contribution in [0.25, 0.3) is 10.8 Å². The molecular weight excluding hydrogens is 383 g/mol. The first kappa shape index (κ1) is 20.1. The van der Waals surface area contributed by atoms with Crippen LogP contribution in [0.1, 0.15) is 31.2 Å². The largest absolute Gasteiger partial charge is 0.355 e. The van der Waals surface area contributed by atoms with Gasteiger partial charge in [0.05, 0.1) is 11.1 Å². The number of nitrogens with zero attached hydrogens (tertiary/aromatic N) is 3. The number of carbonyl (C=O) groups is 1. The molecule has 0 spiro atoms. The second-order valence-electron chi connectivity index (χ2n) is 7.76. The number of aromatic nitrogens is 2. The fourth-order valence-corrected chi connectivity index (χ4v) is 3.89. The summed E-state index contributed by atoms with van der Waals surface area (Å²) in [5, 5.41) is 8.43. The number of halogens is 1. The number of fused-ring (bicyclic) bond motifs is 1. The summed E-state index contributed by atoms with van der Waals surface area (Å²) < 4.78 is 15.3. The SMILES string of the molecule is Cc1ccc(NC(=O)Cn2nc(N3CCCCCC3)c3ccccc3c2=O)c(F)c1. The Bertz CT molecular complexity index is 1130. The van der Waals surface area contributed by atoms with Crippen LogP contribution in [0.2, 0.25) is 0 Å². The van der Waals surface area contributed by atoms with Crippen molar-refractivity contribution >= 4 is 28.2 Å². The van der Waals surface area contributed by atoms with Gasteiger partial charge in [-0.05, 0) is 43.5 Å². The summed E-state index contributed by atoms with van der Waals surface area (Å²) in [4.78, 5) is 27.7. The number of benzene rings is 2. The first-order valence-corrected chi connectivity index (χ1v) is 10.3. The molecule has 0 bridgehead atoms. The second kappa shape index (κ2) is 8.65. The predicted molar refractivity (Wildman–Crippen MR) is 116 cm³/mol. The van der Waals surface area contributed by atoms with Crippen molar-refractivity contribution in [3.05, 3.63) is 64.2 Å². The van der Waals surface area contributed by atoms with Gasteiger partial charge in [0.2, 0.25) is 5.91 Å². The maximum Gasteiger partial charge on any atom is 0.275 e. The predicted octanol–water partition coefficient (Wildman–Crippen LogP) is 3.86. The Labute approximate surface area is 174 Å². The zero-order valence-corrected chi connectivity index (χ0v) is 17.0. The maximum atomic E-state index is 14.1. The molecule has 6 nitrogen and oxygen atoms in total. The Morgan fingerprint density at radius 2 is 1.77 bits per heavy atom. The number of rotatable bonds is 4. The molecule has 1 saturated heterocycles. The van der Waals surface area contributed by atoms with Crippen molar-refractivity contribution in [3.8, 4) is 0 Å². The smallest absolute Gasteiger partial charge is 0.275 e. The third kappa shape index (κ3) is 4.20. The maximum absolute atomic E-state index is 14.1. The van der Waals surface area contributed by atoms with Gasteiger partial charge >= 0.3 is 0 Å². The lowest BCUT2D eigenvalue weighted by Gasteiger charge is -2.23. The van der Waals surface area contributed by atoms with Gasteiger partial charge in [-0.3, -0.25) is 9.59 Å². The Hall–Kier alpha value is -3.22. The molecule has 0 saturated carbocycles. The Kier molecular flexibility index (Phi) is 5.79. The molecule has 1 aliphatic heterocycles. The molecule has 1 N–H and O–H groups in total. The lowest BCUT2D eigenvalue weighted by atomic mass is 10.1. The third-order valence-electron chi connectivity index (χ3n) is 5.45. The fraction of sp³-hybridized carbons (Fsp3) is 0.348. The first-order chi connectivity index (χ1) is 14.5. The van der Waals surface area contributed by atoms with E-state index in [1.165, 1.54) is 29.7 Å². The lowest BCUT2D eigenvalue weighted by Crippen LogP contribution is -2.33. The molecule has 1 amide bonds. The minimum absolute atomic E-state index is 0.0900. The van der Waals surface area contributed by atoms with Crippen LogP contribution in [0, 0.1) is 12.7 Å². The van der Waals surface area contributed by atoms with Gasteiger partial charge in [-0.1, -0.05) is 37.1 Å². The first-order valence-electron chi connectivity index (χ1n) is 10.3. The number of hydrogen-bond acceptors (Lipinski definition) is 4. The van der Waals surface area contributed by atoms with E-state index >= 15 is 0 Å². The van der Waals surface area contributed by atoms with E-state index in [0.717, 1.165) is 42.7 Å². The summed E-state index contributed by atoms with van der Waals surface area (Å²) in [5.41, 5.74) is 0.524. The highest BCUT2D eigenvalue weighted by atomic mass is 19.1. The van der Waals surface area contributed by atoms with Crippen molar-refractivity contribution in [2.75, 3.05) is 23.3 Å². The number of nitrogens with one attached hydrogen (secondary N) is 1. The Morgan fingerprint density at radius 3 is 2.47 bits per heavy atom. The van der Waals surface area contributed by atoms with Gasteiger partial charge in [0.15, 0.2) is 5.82 Å². The average molecular weight is 408 g/mol. The van der Waals surface area contributed by atoms with Crippen molar-refractivity contribution in [2.45, 2.75) is 39.2 Å². The molecule has 7 heteroatoms. The van der Waals surface area contributed by atoms with Crippen molar-refractivity contribution in [3.63, 3.8) is 0 Å². The average Bonchev–Trinajstić information content (AvgIpc) is 3.02. The Morgan fingerprint density at radius 1 is 1.07 bits per heavy atom. The van der Waals surface area contributed by atoms with Gasteiger partial charge in [0.25, 0.3) is 5.56 Å². The molecule has 156 valence electrons. The van der Waals surface area contributed by atoms with Crippen LogP contribution in [0.5, 0.6) is 0 Å². The zero-order chi connectivity index (χ0) is 21.1. The van der Waals surface area contributed by atoms with Gasteiger partial charge in [-0.25, -0.2) is 9.07 Å². The van der Waals surface area contributed by atoms with E-state index in [1.54, 1.807) is 19.1 Å². The van der Waals surface area contributed by atoms with Crippen LogP contribution in [0.3, 0.4) is 0 Å². The summed E-state index contributed by atoms with van der Waals surface area (Å²) >= 11 is 0. The summed E-state index contributed by atoms with van der Waals surface area (Å²) in [6, 6.07) is 11.9. The molecule has 1 fully saturated rings. The molecule has 0 atom stereocenters. The van der Waals surface area contributed by atoms with Gasteiger partial charge in [0, 0.05) is 18.5 Å². The van der Waals surface area contributed by atoms with Gasteiger partial charge in [-0.15, -0.1) is 0 Å². The highest BCUT2D eigenvalue weighted by molar-refractivity contribution is 5.93. The van der Waals surface area contributed by atoms with Gasteiger partial charge in [-0.2, -0.15) is 5.10 Å². The Balaban J connectivity index is 1.67. The minimum Gasteiger partial charge on any atom is -0.355 e. The summed E-state index contributed by atoms with van der Waals surface area (Å²) in [7, 11) is 0. The molecule has 0 aliphatic carbocycles. The van der Waals surface area contributed by atoms with Crippen LogP contribution in [0.15, 0.2) is 47.3 Å². The molecule has 2 aromatic carbocycles. The highest BCUT2D eigenvalue weighted by Crippen LogP contribution is 2.24.